The van der Waals surface area contributed by atoms with Crippen molar-refractivity contribution >= 4 is 22.7 Å². The summed E-state index contributed by atoms with van der Waals surface area (Å²) < 4.78 is 2.13. The first-order valence-corrected chi connectivity index (χ1v) is 6.17. The van der Waals surface area contributed by atoms with E-state index in [-0.39, 0.29) is 0 Å². The van der Waals surface area contributed by atoms with Crippen molar-refractivity contribution in [2.24, 2.45) is 0 Å². The number of hydrogen-bond donors (Lipinski definition) is 1. The molecule has 0 saturated heterocycles. The van der Waals surface area contributed by atoms with Crippen molar-refractivity contribution in [2.75, 3.05) is 24.7 Å². The summed E-state index contributed by atoms with van der Waals surface area (Å²) in [4.78, 5) is 6.66. The van der Waals surface area contributed by atoms with Crippen molar-refractivity contribution in [3.05, 3.63) is 48.5 Å². The van der Waals surface area contributed by atoms with Gasteiger partial charge in [-0.1, -0.05) is 18.2 Å². The quantitative estimate of drug-likeness (QED) is 0.713. The van der Waals surface area contributed by atoms with Crippen LogP contribution in [-0.4, -0.2) is 23.6 Å². The van der Waals surface area contributed by atoms with E-state index in [9.17, 15) is 0 Å². The van der Waals surface area contributed by atoms with E-state index in [2.05, 4.69) is 21.7 Å². The molecule has 96 valence electrons. The SMILES string of the molecule is CN(C)c1nc2cc(N)ccc2n1-c1ccccc1. The van der Waals surface area contributed by atoms with Gasteiger partial charge in [0.1, 0.15) is 0 Å². The predicted octanol–water partition coefficient (Wildman–Crippen LogP) is 2.67. The highest BCUT2D eigenvalue weighted by Gasteiger charge is 2.13. The van der Waals surface area contributed by atoms with Gasteiger partial charge in [0.15, 0.2) is 0 Å². The molecular weight excluding hydrogens is 236 g/mol. The van der Waals surface area contributed by atoms with Crippen LogP contribution in [0, 0.1) is 0 Å². The van der Waals surface area contributed by atoms with Gasteiger partial charge in [-0.3, -0.25) is 4.57 Å². The van der Waals surface area contributed by atoms with Gasteiger partial charge >= 0.3 is 0 Å². The lowest BCUT2D eigenvalue weighted by molar-refractivity contribution is 0.970. The maximum Gasteiger partial charge on any atom is 0.210 e. The first-order chi connectivity index (χ1) is 9.16. The summed E-state index contributed by atoms with van der Waals surface area (Å²) in [6.45, 7) is 0. The van der Waals surface area contributed by atoms with E-state index in [4.69, 9.17) is 5.73 Å². The summed E-state index contributed by atoms with van der Waals surface area (Å²) in [6.07, 6.45) is 0. The molecule has 2 N–H and O–H groups in total. The number of nitrogens with two attached hydrogens (primary N) is 1. The molecule has 0 fully saturated rings. The van der Waals surface area contributed by atoms with Crippen LogP contribution in [0.25, 0.3) is 16.7 Å². The number of rotatable bonds is 2. The molecule has 0 radical (unpaired) electrons. The zero-order valence-corrected chi connectivity index (χ0v) is 11.0. The molecule has 4 heteroatoms. The van der Waals surface area contributed by atoms with E-state index >= 15 is 0 Å². The molecule has 3 aromatic rings. The molecular formula is C15H16N4. The van der Waals surface area contributed by atoms with Gasteiger partial charge in [-0.05, 0) is 30.3 Å². The van der Waals surface area contributed by atoms with E-state index < -0.39 is 0 Å². The smallest absolute Gasteiger partial charge is 0.210 e. The maximum absolute atomic E-state index is 5.84. The van der Waals surface area contributed by atoms with Crippen molar-refractivity contribution in [1.29, 1.82) is 0 Å². The van der Waals surface area contributed by atoms with Crippen molar-refractivity contribution in [3.63, 3.8) is 0 Å². The van der Waals surface area contributed by atoms with Crippen molar-refractivity contribution in [1.82, 2.24) is 9.55 Å². The number of benzene rings is 2. The Balaban J connectivity index is 2.35. The molecule has 0 aliphatic carbocycles. The Morgan fingerprint density at radius 1 is 1.05 bits per heavy atom. The van der Waals surface area contributed by atoms with Crippen LogP contribution in [0.2, 0.25) is 0 Å². The second kappa shape index (κ2) is 4.31. The Morgan fingerprint density at radius 3 is 2.47 bits per heavy atom. The first-order valence-electron chi connectivity index (χ1n) is 6.17. The molecule has 1 aromatic heterocycles. The second-order valence-electron chi connectivity index (χ2n) is 4.73. The van der Waals surface area contributed by atoms with Crippen molar-refractivity contribution in [3.8, 4) is 5.69 Å². The van der Waals surface area contributed by atoms with Gasteiger partial charge in [0.25, 0.3) is 0 Å². The lowest BCUT2D eigenvalue weighted by Crippen LogP contribution is -2.14. The Labute approximate surface area is 112 Å². The second-order valence-corrected chi connectivity index (χ2v) is 4.73. The number of anilines is 2. The van der Waals surface area contributed by atoms with Crippen LogP contribution in [0.3, 0.4) is 0 Å². The summed E-state index contributed by atoms with van der Waals surface area (Å²) in [5.41, 5.74) is 9.63. The van der Waals surface area contributed by atoms with E-state index in [0.29, 0.717) is 0 Å². The fourth-order valence-corrected chi connectivity index (χ4v) is 2.22. The van der Waals surface area contributed by atoms with Crippen LogP contribution in [0.5, 0.6) is 0 Å². The van der Waals surface area contributed by atoms with Crippen LogP contribution < -0.4 is 10.6 Å². The van der Waals surface area contributed by atoms with Gasteiger partial charge in [0, 0.05) is 25.5 Å². The maximum atomic E-state index is 5.84. The number of nitrogens with zero attached hydrogens (tertiary/aromatic N) is 3. The predicted molar refractivity (Wildman–Crippen MR) is 79.8 cm³/mol. The fraction of sp³-hybridized carbons (Fsp3) is 0.133. The molecule has 0 atom stereocenters. The topological polar surface area (TPSA) is 47.1 Å². The Hall–Kier alpha value is -2.49. The standard InChI is InChI=1S/C15H16N4/c1-18(2)15-17-13-10-11(16)8-9-14(13)19(15)12-6-4-3-5-7-12/h3-10H,16H2,1-2H3. The summed E-state index contributed by atoms with van der Waals surface area (Å²) in [5.74, 6) is 0.895. The largest absolute Gasteiger partial charge is 0.399 e. The minimum absolute atomic E-state index is 0.732. The van der Waals surface area contributed by atoms with E-state index in [1.54, 1.807) is 0 Å². The number of para-hydroxylation sites is 1. The number of hydrogen-bond acceptors (Lipinski definition) is 3. The molecule has 0 aliphatic heterocycles. The van der Waals surface area contributed by atoms with E-state index in [0.717, 1.165) is 28.4 Å². The molecule has 0 spiro atoms. The Kier molecular flexibility index (Phi) is 2.63. The highest BCUT2D eigenvalue weighted by Crippen LogP contribution is 2.27. The van der Waals surface area contributed by atoms with Crippen LogP contribution >= 0.6 is 0 Å². The zero-order valence-electron chi connectivity index (χ0n) is 11.0. The molecule has 1 heterocycles. The average Bonchev–Trinajstić information content (AvgIpc) is 2.78. The molecule has 0 saturated carbocycles. The van der Waals surface area contributed by atoms with Gasteiger partial charge in [-0.15, -0.1) is 0 Å². The van der Waals surface area contributed by atoms with Crippen LogP contribution in [-0.2, 0) is 0 Å². The summed E-state index contributed by atoms with van der Waals surface area (Å²) in [7, 11) is 3.98. The van der Waals surface area contributed by atoms with Gasteiger partial charge in [0.05, 0.1) is 11.0 Å². The molecule has 4 nitrogen and oxygen atoms in total. The van der Waals surface area contributed by atoms with Gasteiger partial charge in [0.2, 0.25) is 5.95 Å². The highest BCUT2D eigenvalue weighted by molar-refractivity contribution is 5.84. The van der Waals surface area contributed by atoms with Crippen molar-refractivity contribution in [2.45, 2.75) is 0 Å². The summed E-state index contributed by atoms with van der Waals surface area (Å²) in [5, 5.41) is 0. The number of aromatic nitrogens is 2. The zero-order chi connectivity index (χ0) is 13.4. The Morgan fingerprint density at radius 2 is 1.79 bits per heavy atom. The number of imidazole rings is 1. The number of fused-ring (bicyclic) bond motifs is 1. The third-order valence-electron chi connectivity index (χ3n) is 3.08. The van der Waals surface area contributed by atoms with Gasteiger partial charge in [-0.2, -0.15) is 0 Å². The fourth-order valence-electron chi connectivity index (χ4n) is 2.22. The third kappa shape index (κ3) is 1.91. The lowest BCUT2D eigenvalue weighted by atomic mass is 10.2. The van der Waals surface area contributed by atoms with Crippen LogP contribution in [0.4, 0.5) is 11.6 Å². The highest BCUT2D eigenvalue weighted by atomic mass is 15.3. The normalized spacial score (nSPS) is 10.8. The molecule has 19 heavy (non-hydrogen) atoms. The minimum atomic E-state index is 0.732. The monoisotopic (exact) mass is 252 g/mol. The summed E-state index contributed by atoms with van der Waals surface area (Å²) >= 11 is 0. The molecule has 0 aliphatic rings. The minimum Gasteiger partial charge on any atom is -0.399 e. The molecule has 0 bridgehead atoms. The summed E-state index contributed by atoms with van der Waals surface area (Å²) in [6, 6.07) is 16.0. The lowest BCUT2D eigenvalue weighted by Gasteiger charge is -2.14. The van der Waals surface area contributed by atoms with Crippen molar-refractivity contribution < 1.29 is 0 Å². The molecule has 0 amide bonds. The first kappa shape index (κ1) is 11.6. The van der Waals surface area contributed by atoms with Gasteiger partial charge < -0.3 is 10.6 Å². The Bertz CT molecular complexity index is 714. The third-order valence-corrected chi connectivity index (χ3v) is 3.08. The average molecular weight is 252 g/mol. The number of nitrogen functional groups attached to an aromatic ring is 1. The van der Waals surface area contributed by atoms with Crippen LogP contribution in [0.1, 0.15) is 0 Å². The molecule has 3 rings (SSSR count). The van der Waals surface area contributed by atoms with Crippen LogP contribution in [0.15, 0.2) is 48.5 Å². The molecule has 0 unspecified atom stereocenters. The molecule has 2 aromatic carbocycles. The van der Waals surface area contributed by atoms with E-state index in [1.807, 2.05) is 55.4 Å². The van der Waals surface area contributed by atoms with E-state index in [1.165, 1.54) is 0 Å². The van der Waals surface area contributed by atoms with Gasteiger partial charge in [-0.25, -0.2) is 4.98 Å².